The third-order valence-corrected chi connectivity index (χ3v) is 5.93. The third kappa shape index (κ3) is 6.55. The van der Waals surface area contributed by atoms with Gasteiger partial charge in [0.05, 0.1) is 6.61 Å². The van der Waals surface area contributed by atoms with Crippen LogP contribution >= 0.6 is 0 Å². The number of benzene rings is 3. The normalized spacial score (nSPS) is 12.4. The lowest BCUT2D eigenvalue weighted by Gasteiger charge is -2.30. The quantitative estimate of drug-likeness (QED) is 0.253. The minimum Gasteiger partial charge on any atom is -0.493 e. The topological polar surface area (TPSA) is 26.3 Å². The molecule has 3 rings (SSSR count). The summed E-state index contributed by atoms with van der Waals surface area (Å²) in [6.45, 7) is 9.38. The Labute approximate surface area is 187 Å². The molecule has 0 spiro atoms. The second kappa shape index (κ2) is 10.4. The zero-order chi connectivity index (χ0) is 22.3. The van der Waals surface area contributed by atoms with E-state index >= 15 is 0 Å². The van der Waals surface area contributed by atoms with Gasteiger partial charge in [-0.25, -0.2) is 0 Å². The van der Waals surface area contributed by atoms with Crippen LogP contribution in [0.3, 0.4) is 0 Å². The molecule has 2 nitrogen and oxygen atoms in total. The first-order chi connectivity index (χ1) is 14.9. The first kappa shape index (κ1) is 22.8. The highest BCUT2D eigenvalue weighted by Crippen LogP contribution is 2.37. The highest BCUT2D eigenvalue weighted by molar-refractivity contribution is 6.01. The van der Waals surface area contributed by atoms with Gasteiger partial charge in [-0.1, -0.05) is 86.6 Å². The molecule has 0 saturated heterocycles. The lowest BCUT2D eigenvalue weighted by molar-refractivity contribution is 0.0927. The zero-order valence-corrected chi connectivity index (χ0v) is 19.2. The molecule has 3 aromatic rings. The molecule has 0 fully saturated rings. The smallest absolute Gasteiger partial charge is 0.170 e. The van der Waals surface area contributed by atoms with Crippen molar-refractivity contribution in [1.82, 2.24) is 0 Å². The SMILES string of the molecule is Cc1ccc(C)c(OCCCC(C)(C)CC(C(=O)c2ccccc2)c2ccccc2)c1. The number of aryl methyl sites for hydroxylation is 2. The van der Waals surface area contributed by atoms with E-state index in [9.17, 15) is 4.79 Å². The number of carbonyl (C=O) groups excluding carboxylic acids is 1. The predicted octanol–water partition coefficient (Wildman–Crippen LogP) is 7.55. The van der Waals surface area contributed by atoms with E-state index in [1.807, 2.05) is 48.5 Å². The van der Waals surface area contributed by atoms with Crippen molar-refractivity contribution in [3.63, 3.8) is 0 Å². The van der Waals surface area contributed by atoms with Crippen LogP contribution in [0.15, 0.2) is 78.9 Å². The molecule has 2 heteroatoms. The first-order valence-corrected chi connectivity index (χ1v) is 11.2. The molecule has 1 unspecified atom stereocenters. The summed E-state index contributed by atoms with van der Waals surface area (Å²) in [5, 5.41) is 0. The van der Waals surface area contributed by atoms with Crippen LogP contribution in [-0.2, 0) is 0 Å². The largest absolute Gasteiger partial charge is 0.493 e. The molecule has 0 saturated carbocycles. The van der Waals surface area contributed by atoms with E-state index in [-0.39, 0.29) is 17.1 Å². The van der Waals surface area contributed by atoms with E-state index in [1.165, 1.54) is 11.1 Å². The Morgan fingerprint density at radius 2 is 1.55 bits per heavy atom. The van der Waals surface area contributed by atoms with Gasteiger partial charge in [0.1, 0.15) is 5.75 Å². The maximum absolute atomic E-state index is 13.4. The minimum atomic E-state index is -0.140. The number of hydrogen-bond donors (Lipinski definition) is 0. The number of carbonyl (C=O) groups is 1. The fourth-order valence-corrected chi connectivity index (χ4v) is 4.10. The van der Waals surface area contributed by atoms with Gasteiger partial charge in [0, 0.05) is 11.5 Å². The van der Waals surface area contributed by atoms with Crippen molar-refractivity contribution in [3.05, 3.63) is 101 Å². The molecule has 1 atom stereocenters. The average molecular weight is 415 g/mol. The lowest BCUT2D eigenvalue weighted by atomic mass is 9.74. The summed E-state index contributed by atoms with van der Waals surface area (Å²) in [6, 6.07) is 26.2. The standard InChI is InChI=1S/C29H34O2/c1-22-16-17-23(2)27(20-22)31-19-11-18-29(3,4)21-26(24-12-7-5-8-13-24)28(30)25-14-9-6-10-15-25/h5-10,12-17,20,26H,11,18-19,21H2,1-4H3. The van der Waals surface area contributed by atoms with Crippen molar-refractivity contribution in [1.29, 1.82) is 0 Å². The van der Waals surface area contributed by atoms with Crippen molar-refractivity contribution in [2.45, 2.75) is 52.9 Å². The second-order valence-electron chi connectivity index (χ2n) is 9.28. The molecule has 0 aromatic heterocycles. The summed E-state index contributed by atoms with van der Waals surface area (Å²) in [6.07, 6.45) is 2.78. The number of Topliss-reactive ketones (excluding diaryl/α,β-unsaturated/α-hetero) is 1. The van der Waals surface area contributed by atoms with Crippen LogP contribution < -0.4 is 4.74 Å². The fourth-order valence-electron chi connectivity index (χ4n) is 4.10. The number of ether oxygens (including phenoxy) is 1. The van der Waals surface area contributed by atoms with Crippen LogP contribution in [0.4, 0.5) is 0 Å². The minimum absolute atomic E-state index is 0.0238. The molecular formula is C29H34O2. The van der Waals surface area contributed by atoms with Crippen LogP contribution in [0.1, 0.15) is 66.1 Å². The molecule has 0 heterocycles. The summed E-state index contributed by atoms with van der Waals surface area (Å²) < 4.78 is 6.05. The van der Waals surface area contributed by atoms with Crippen LogP contribution in [0.5, 0.6) is 5.75 Å². The van der Waals surface area contributed by atoms with Crippen molar-refractivity contribution in [2.75, 3.05) is 6.61 Å². The Hall–Kier alpha value is -2.87. The van der Waals surface area contributed by atoms with E-state index < -0.39 is 0 Å². The molecule has 0 amide bonds. The van der Waals surface area contributed by atoms with Gasteiger partial charge in [0.15, 0.2) is 5.78 Å². The third-order valence-electron chi connectivity index (χ3n) is 5.93. The fraction of sp³-hybridized carbons (Fsp3) is 0.345. The van der Waals surface area contributed by atoms with Crippen molar-refractivity contribution in [3.8, 4) is 5.75 Å². The summed E-state index contributed by atoms with van der Waals surface area (Å²) in [4.78, 5) is 13.4. The van der Waals surface area contributed by atoms with Gasteiger partial charge < -0.3 is 4.74 Å². The second-order valence-corrected chi connectivity index (χ2v) is 9.28. The molecule has 0 aliphatic carbocycles. The Kier molecular flexibility index (Phi) is 7.68. The van der Waals surface area contributed by atoms with Gasteiger partial charge in [0.2, 0.25) is 0 Å². The van der Waals surface area contributed by atoms with Crippen LogP contribution in [0.2, 0.25) is 0 Å². The zero-order valence-electron chi connectivity index (χ0n) is 19.2. The molecule has 31 heavy (non-hydrogen) atoms. The van der Waals surface area contributed by atoms with Crippen molar-refractivity contribution < 1.29 is 9.53 Å². The summed E-state index contributed by atoms with van der Waals surface area (Å²) in [5.74, 6) is 1.03. The molecule has 0 aliphatic heterocycles. The molecule has 0 aliphatic rings. The maximum Gasteiger partial charge on any atom is 0.170 e. The van der Waals surface area contributed by atoms with Gasteiger partial charge in [-0.15, -0.1) is 0 Å². The number of rotatable bonds is 10. The van der Waals surface area contributed by atoms with E-state index in [0.717, 1.165) is 36.1 Å². The number of ketones is 1. The van der Waals surface area contributed by atoms with Gasteiger partial charge in [-0.3, -0.25) is 4.79 Å². The van der Waals surface area contributed by atoms with Gasteiger partial charge >= 0.3 is 0 Å². The van der Waals surface area contributed by atoms with Gasteiger partial charge in [-0.2, -0.15) is 0 Å². The number of hydrogen-bond acceptors (Lipinski definition) is 2. The van der Waals surface area contributed by atoms with Gasteiger partial charge in [0.25, 0.3) is 0 Å². The Morgan fingerprint density at radius 1 is 0.903 bits per heavy atom. The molecular weight excluding hydrogens is 380 g/mol. The van der Waals surface area contributed by atoms with E-state index in [2.05, 4.69) is 58.0 Å². The van der Waals surface area contributed by atoms with E-state index in [0.29, 0.717) is 6.61 Å². The Balaban J connectivity index is 1.65. The monoisotopic (exact) mass is 414 g/mol. The molecule has 3 aromatic carbocycles. The summed E-state index contributed by atoms with van der Waals surface area (Å²) in [5.41, 5.74) is 4.28. The highest BCUT2D eigenvalue weighted by atomic mass is 16.5. The lowest BCUT2D eigenvalue weighted by Crippen LogP contribution is -2.22. The summed E-state index contributed by atoms with van der Waals surface area (Å²) >= 11 is 0. The van der Waals surface area contributed by atoms with Crippen LogP contribution in [0, 0.1) is 19.3 Å². The summed E-state index contributed by atoms with van der Waals surface area (Å²) in [7, 11) is 0. The Bertz CT molecular complexity index is 974. The maximum atomic E-state index is 13.4. The van der Waals surface area contributed by atoms with Crippen molar-refractivity contribution in [2.24, 2.45) is 5.41 Å². The molecule has 0 bridgehead atoms. The van der Waals surface area contributed by atoms with Crippen molar-refractivity contribution >= 4 is 5.78 Å². The van der Waals surface area contributed by atoms with Crippen LogP contribution in [0.25, 0.3) is 0 Å². The van der Waals surface area contributed by atoms with E-state index in [4.69, 9.17) is 4.74 Å². The molecule has 162 valence electrons. The Morgan fingerprint density at radius 3 is 2.23 bits per heavy atom. The van der Waals surface area contributed by atoms with Gasteiger partial charge in [-0.05, 0) is 61.3 Å². The van der Waals surface area contributed by atoms with E-state index in [1.54, 1.807) is 0 Å². The average Bonchev–Trinajstić information content (AvgIpc) is 2.78. The molecule has 0 N–H and O–H groups in total. The first-order valence-electron chi connectivity index (χ1n) is 11.2. The predicted molar refractivity (Wildman–Crippen MR) is 129 cm³/mol. The molecule has 0 radical (unpaired) electrons. The highest BCUT2D eigenvalue weighted by Gasteiger charge is 2.29. The van der Waals surface area contributed by atoms with Crippen LogP contribution in [-0.4, -0.2) is 12.4 Å².